The van der Waals surface area contributed by atoms with E-state index in [1.165, 1.54) is 0 Å². The molecule has 1 unspecified atom stereocenters. The highest BCUT2D eigenvalue weighted by Gasteiger charge is 2.19. The fourth-order valence-electron chi connectivity index (χ4n) is 2.08. The number of Topliss-reactive ketones (excluding diaryl/α,β-unsaturated/α-hetero) is 1. The highest BCUT2D eigenvalue weighted by Crippen LogP contribution is 2.26. The molecule has 2 nitrogen and oxygen atoms in total. The van der Waals surface area contributed by atoms with Crippen LogP contribution in [0.2, 0.25) is 0 Å². The first kappa shape index (κ1) is 11.5. The van der Waals surface area contributed by atoms with Gasteiger partial charge in [-0.25, -0.2) is 0 Å². The smallest absolute Gasteiger partial charge is 0.161 e. The molecule has 1 atom stereocenters. The van der Waals surface area contributed by atoms with E-state index in [2.05, 4.69) is 17.9 Å². The minimum absolute atomic E-state index is 0.154. The van der Waals surface area contributed by atoms with Crippen molar-refractivity contribution in [2.75, 3.05) is 23.7 Å². The van der Waals surface area contributed by atoms with Crippen molar-refractivity contribution in [1.82, 2.24) is 0 Å². The molecule has 1 aromatic carbocycles. The highest BCUT2D eigenvalue weighted by atomic mass is 32.2. The van der Waals surface area contributed by atoms with Crippen LogP contribution >= 0.6 is 11.8 Å². The molecule has 1 heterocycles. The summed E-state index contributed by atoms with van der Waals surface area (Å²) in [5, 5.41) is 0.647. The molecule has 0 N–H and O–H groups in total. The van der Waals surface area contributed by atoms with E-state index in [1.807, 2.05) is 30.0 Å². The zero-order valence-corrected chi connectivity index (χ0v) is 10.6. The van der Waals surface area contributed by atoms with Gasteiger partial charge in [-0.05, 0) is 19.1 Å². The van der Waals surface area contributed by atoms with Crippen LogP contribution in [0.3, 0.4) is 0 Å². The van der Waals surface area contributed by atoms with Gasteiger partial charge in [-0.2, -0.15) is 11.8 Å². The Morgan fingerprint density at radius 2 is 2.19 bits per heavy atom. The third-order valence-electron chi connectivity index (χ3n) is 2.87. The molecule has 0 amide bonds. The molecule has 1 aliphatic heterocycles. The Balaban J connectivity index is 2.28. The number of carbonyl (C=O) groups excluding carboxylic acids is 1. The largest absolute Gasteiger partial charge is 0.369 e. The third kappa shape index (κ3) is 2.40. The van der Waals surface area contributed by atoms with E-state index < -0.39 is 0 Å². The molecule has 0 aliphatic carbocycles. The molecule has 0 spiro atoms. The monoisotopic (exact) mass is 235 g/mol. The molecular weight excluding hydrogens is 218 g/mol. The Bertz CT molecular complexity index is 391. The van der Waals surface area contributed by atoms with Crippen molar-refractivity contribution in [1.29, 1.82) is 0 Å². The van der Waals surface area contributed by atoms with Crippen LogP contribution < -0.4 is 4.90 Å². The van der Waals surface area contributed by atoms with E-state index in [1.54, 1.807) is 6.92 Å². The Kier molecular flexibility index (Phi) is 3.54. The van der Waals surface area contributed by atoms with Crippen LogP contribution in [0.1, 0.15) is 24.2 Å². The van der Waals surface area contributed by atoms with Crippen molar-refractivity contribution in [3.8, 4) is 0 Å². The molecule has 1 fully saturated rings. The van der Waals surface area contributed by atoms with Gasteiger partial charge in [0.2, 0.25) is 0 Å². The van der Waals surface area contributed by atoms with Crippen molar-refractivity contribution < 1.29 is 4.79 Å². The van der Waals surface area contributed by atoms with E-state index in [0.29, 0.717) is 5.25 Å². The predicted octanol–water partition coefficient (Wildman–Crippen LogP) is 2.83. The zero-order valence-electron chi connectivity index (χ0n) is 9.77. The van der Waals surface area contributed by atoms with E-state index in [4.69, 9.17) is 0 Å². The van der Waals surface area contributed by atoms with Crippen molar-refractivity contribution in [3.05, 3.63) is 29.8 Å². The molecule has 0 aromatic heterocycles. The Labute approximate surface area is 101 Å². The van der Waals surface area contributed by atoms with E-state index in [-0.39, 0.29) is 5.78 Å². The lowest BCUT2D eigenvalue weighted by atomic mass is 10.1. The molecule has 0 bridgehead atoms. The quantitative estimate of drug-likeness (QED) is 0.735. The van der Waals surface area contributed by atoms with E-state index in [9.17, 15) is 4.79 Å². The van der Waals surface area contributed by atoms with Crippen molar-refractivity contribution in [2.24, 2.45) is 0 Å². The van der Waals surface area contributed by atoms with Crippen molar-refractivity contribution in [3.63, 3.8) is 0 Å². The molecule has 2 rings (SSSR count). The maximum atomic E-state index is 11.6. The fourth-order valence-corrected chi connectivity index (χ4v) is 3.10. The Morgan fingerprint density at radius 3 is 2.88 bits per heavy atom. The predicted molar refractivity (Wildman–Crippen MR) is 70.6 cm³/mol. The normalized spacial score (nSPS) is 20.9. The van der Waals surface area contributed by atoms with E-state index in [0.717, 1.165) is 30.1 Å². The average Bonchev–Trinajstić information content (AvgIpc) is 2.29. The lowest BCUT2D eigenvalue weighted by molar-refractivity contribution is 0.101. The minimum atomic E-state index is 0.154. The minimum Gasteiger partial charge on any atom is -0.369 e. The van der Waals surface area contributed by atoms with Crippen molar-refractivity contribution >= 4 is 23.2 Å². The first-order valence-corrected chi connectivity index (χ1v) is 6.70. The van der Waals surface area contributed by atoms with Gasteiger partial charge in [0.05, 0.1) is 0 Å². The number of hydrogen-bond donors (Lipinski definition) is 0. The fraction of sp³-hybridized carbons (Fsp3) is 0.462. The summed E-state index contributed by atoms with van der Waals surface area (Å²) in [5.41, 5.74) is 1.95. The molecule has 3 heteroatoms. The summed E-state index contributed by atoms with van der Waals surface area (Å²) in [6, 6.07) is 7.92. The SMILES string of the molecule is CC(=O)c1ccccc1N1CCSC(C)C1. The molecule has 1 saturated heterocycles. The number of para-hydroxylation sites is 1. The lowest BCUT2D eigenvalue weighted by Gasteiger charge is -2.33. The van der Waals surface area contributed by atoms with Crippen LogP contribution in [0.25, 0.3) is 0 Å². The zero-order chi connectivity index (χ0) is 11.5. The number of hydrogen-bond acceptors (Lipinski definition) is 3. The molecule has 86 valence electrons. The van der Waals surface area contributed by atoms with Gasteiger partial charge in [-0.15, -0.1) is 0 Å². The Morgan fingerprint density at radius 1 is 1.44 bits per heavy atom. The first-order valence-electron chi connectivity index (χ1n) is 5.65. The number of nitrogens with zero attached hydrogens (tertiary/aromatic N) is 1. The van der Waals surface area contributed by atoms with Crippen LogP contribution in [0.5, 0.6) is 0 Å². The summed E-state index contributed by atoms with van der Waals surface area (Å²) in [6.07, 6.45) is 0. The number of anilines is 1. The van der Waals surface area contributed by atoms with Gasteiger partial charge in [0, 0.05) is 35.3 Å². The summed E-state index contributed by atoms with van der Waals surface area (Å²) < 4.78 is 0. The Hall–Kier alpha value is -0.960. The van der Waals surface area contributed by atoms with E-state index >= 15 is 0 Å². The van der Waals surface area contributed by atoms with Crippen molar-refractivity contribution in [2.45, 2.75) is 19.1 Å². The second-order valence-corrected chi connectivity index (χ2v) is 5.75. The molecule has 1 aliphatic rings. The van der Waals surface area contributed by atoms with Crippen LogP contribution in [-0.2, 0) is 0 Å². The van der Waals surface area contributed by atoms with Gasteiger partial charge in [-0.1, -0.05) is 19.1 Å². The summed E-state index contributed by atoms with van der Waals surface area (Å²) in [6.45, 7) is 5.96. The van der Waals surface area contributed by atoms with Gasteiger partial charge >= 0.3 is 0 Å². The molecule has 0 radical (unpaired) electrons. The number of rotatable bonds is 2. The maximum Gasteiger partial charge on any atom is 0.161 e. The second-order valence-electron chi connectivity index (χ2n) is 4.20. The number of ketones is 1. The van der Waals surface area contributed by atoms with Gasteiger partial charge in [0.1, 0.15) is 0 Å². The van der Waals surface area contributed by atoms with Crippen LogP contribution in [-0.4, -0.2) is 29.9 Å². The topological polar surface area (TPSA) is 20.3 Å². The van der Waals surface area contributed by atoms with Gasteiger partial charge < -0.3 is 4.90 Å². The van der Waals surface area contributed by atoms with Crippen LogP contribution in [0, 0.1) is 0 Å². The lowest BCUT2D eigenvalue weighted by Crippen LogP contribution is -2.37. The van der Waals surface area contributed by atoms with Gasteiger partial charge in [-0.3, -0.25) is 4.79 Å². The number of thioether (sulfide) groups is 1. The maximum absolute atomic E-state index is 11.6. The standard InChI is InChI=1S/C13H17NOS/c1-10-9-14(7-8-16-10)13-6-4-3-5-12(13)11(2)15/h3-6,10H,7-9H2,1-2H3. The van der Waals surface area contributed by atoms with Gasteiger partial charge in [0.25, 0.3) is 0 Å². The molecule has 0 saturated carbocycles. The summed E-state index contributed by atoms with van der Waals surface area (Å²) in [7, 11) is 0. The molecular formula is C13H17NOS. The number of benzene rings is 1. The first-order chi connectivity index (χ1) is 7.68. The summed E-state index contributed by atoms with van der Waals surface area (Å²) in [4.78, 5) is 13.9. The average molecular weight is 235 g/mol. The molecule has 16 heavy (non-hydrogen) atoms. The summed E-state index contributed by atoms with van der Waals surface area (Å²) >= 11 is 2.00. The highest BCUT2D eigenvalue weighted by molar-refractivity contribution is 8.00. The second kappa shape index (κ2) is 4.91. The third-order valence-corrected chi connectivity index (χ3v) is 4.00. The van der Waals surface area contributed by atoms with Crippen LogP contribution in [0.15, 0.2) is 24.3 Å². The van der Waals surface area contributed by atoms with Crippen LogP contribution in [0.4, 0.5) is 5.69 Å². The summed E-state index contributed by atoms with van der Waals surface area (Å²) in [5.74, 6) is 1.30. The molecule has 1 aromatic rings. The number of carbonyl (C=O) groups is 1. The van der Waals surface area contributed by atoms with Gasteiger partial charge in [0.15, 0.2) is 5.78 Å².